The van der Waals surface area contributed by atoms with Crippen molar-refractivity contribution in [3.05, 3.63) is 32.6 Å². The summed E-state index contributed by atoms with van der Waals surface area (Å²) < 4.78 is 11.8. The molecule has 0 radical (unpaired) electrons. The number of benzene rings is 1. The van der Waals surface area contributed by atoms with Crippen molar-refractivity contribution >= 4 is 29.0 Å². The van der Waals surface area contributed by atoms with Crippen LogP contribution in [0.5, 0.6) is 5.75 Å². The lowest BCUT2D eigenvalue weighted by Gasteiger charge is -2.30. The van der Waals surface area contributed by atoms with Crippen molar-refractivity contribution < 1.29 is 14.3 Å². The first-order valence-electron chi connectivity index (χ1n) is 11.7. The fraction of sp³-hybridized carbons (Fsp3) is 0.615. The molecule has 1 aliphatic rings. The van der Waals surface area contributed by atoms with E-state index in [2.05, 4.69) is 53.7 Å². The van der Waals surface area contributed by atoms with Crippen LogP contribution in [0.25, 0.3) is 11.3 Å². The van der Waals surface area contributed by atoms with Gasteiger partial charge in [-0.2, -0.15) is 0 Å². The van der Waals surface area contributed by atoms with Gasteiger partial charge in [-0.05, 0) is 42.7 Å². The van der Waals surface area contributed by atoms with E-state index >= 15 is 0 Å². The Hall–Kier alpha value is -1.79. The van der Waals surface area contributed by atoms with Crippen LogP contribution in [0.1, 0.15) is 83.4 Å². The monoisotopic (exact) mass is 492 g/mol. The number of likely N-dealkylation sites (tertiary alicyclic amines) is 1. The SMILES string of the molecule is CCOC(=O)N1CCC(c2nc(-c3cc(C(C)(C)C)c(OC)c(C(C)(C)C)c3)c(Cl)s2)CC1. The van der Waals surface area contributed by atoms with Crippen molar-refractivity contribution in [2.24, 2.45) is 0 Å². The van der Waals surface area contributed by atoms with E-state index in [0.717, 1.165) is 46.0 Å². The summed E-state index contributed by atoms with van der Waals surface area (Å²) in [6.45, 7) is 16.8. The lowest BCUT2D eigenvalue weighted by molar-refractivity contribution is 0.0970. The summed E-state index contributed by atoms with van der Waals surface area (Å²) in [5.41, 5.74) is 3.99. The Bertz CT molecular complexity index is 961. The number of hydrogen-bond donors (Lipinski definition) is 0. The summed E-state index contributed by atoms with van der Waals surface area (Å²) in [6.07, 6.45) is 1.51. The molecule has 0 spiro atoms. The third-order valence-corrected chi connectivity index (χ3v) is 7.57. The van der Waals surface area contributed by atoms with E-state index in [1.807, 2.05) is 6.92 Å². The standard InChI is InChI=1S/C26H37ClN2O3S/c1-9-32-24(30)29-12-10-16(11-13-29)23-28-20(22(27)33-23)17-14-18(25(2,3)4)21(31-8)19(15-17)26(5,6)7/h14-16H,9-13H2,1-8H3. The van der Waals surface area contributed by atoms with Gasteiger partial charge in [-0.15, -0.1) is 11.3 Å². The third kappa shape index (κ3) is 5.65. The average Bonchev–Trinajstić information content (AvgIpc) is 3.13. The molecule has 0 N–H and O–H groups in total. The highest BCUT2D eigenvalue weighted by Crippen LogP contribution is 2.45. The highest BCUT2D eigenvalue weighted by atomic mass is 35.5. The fourth-order valence-electron chi connectivity index (χ4n) is 4.29. The number of ether oxygens (including phenoxy) is 2. The molecule has 0 aliphatic carbocycles. The number of aromatic nitrogens is 1. The predicted octanol–water partition coefficient (Wildman–Crippen LogP) is 7.40. The summed E-state index contributed by atoms with van der Waals surface area (Å²) in [5.74, 6) is 1.24. The summed E-state index contributed by atoms with van der Waals surface area (Å²) in [7, 11) is 1.75. The molecule has 1 saturated heterocycles. The van der Waals surface area contributed by atoms with Crippen LogP contribution in [-0.2, 0) is 15.6 Å². The number of halogens is 1. The topological polar surface area (TPSA) is 51.7 Å². The summed E-state index contributed by atoms with van der Waals surface area (Å²) >= 11 is 8.33. The molecule has 33 heavy (non-hydrogen) atoms. The Kier molecular flexibility index (Phi) is 7.69. The molecule has 3 rings (SSSR count). The molecule has 0 saturated carbocycles. The normalized spacial score (nSPS) is 15.6. The van der Waals surface area contributed by atoms with Gasteiger partial charge in [0.05, 0.1) is 18.7 Å². The predicted molar refractivity (Wildman–Crippen MR) is 137 cm³/mol. The highest BCUT2D eigenvalue weighted by molar-refractivity contribution is 7.16. The molecule has 1 aromatic heterocycles. The molecule has 2 aromatic rings. The van der Waals surface area contributed by atoms with Crippen LogP contribution in [0.4, 0.5) is 4.79 Å². The van der Waals surface area contributed by atoms with Gasteiger partial charge in [0.25, 0.3) is 0 Å². The molecule has 1 aromatic carbocycles. The number of amides is 1. The van der Waals surface area contributed by atoms with Crippen LogP contribution in [0.2, 0.25) is 4.34 Å². The average molecular weight is 493 g/mol. The Morgan fingerprint density at radius 3 is 2.12 bits per heavy atom. The van der Waals surface area contributed by atoms with Crippen LogP contribution in [-0.4, -0.2) is 42.8 Å². The Balaban J connectivity index is 1.96. The van der Waals surface area contributed by atoms with Gasteiger partial charge in [-0.3, -0.25) is 0 Å². The Labute approximate surface area is 207 Å². The van der Waals surface area contributed by atoms with Crippen molar-refractivity contribution in [2.75, 3.05) is 26.8 Å². The zero-order chi connectivity index (χ0) is 24.6. The number of methoxy groups -OCH3 is 1. The van der Waals surface area contributed by atoms with E-state index in [9.17, 15) is 4.79 Å². The molecule has 0 atom stereocenters. The second kappa shape index (κ2) is 9.83. The first-order chi connectivity index (χ1) is 15.4. The maximum atomic E-state index is 12.0. The number of carbonyl (C=O) groups excluding carboxylic acids is 1. The van der Waals surface area contributed by atoms with Crippen molar-refractivity contribution in [3.8, 4) is 17.0 Å². The quantitative estimate of drug-likeness (QED) is 0.446. The highest BCUT2D eigenvalue weighted by Gasteiger charge is 2.30. The molecule has 5 nitrogen and oxygen atoms in total. The smallest absolute Gasteiger partial charge is 0.409 e. The van der Waals surface area contributed by atoms with Crippen molar-refractivity contribution in [3.63, 3.8) is 0 Å². The second-order valence-corrected chi connectivity index (χ2v) is 12.4. The first kappa shape index (κ1) is 25.8. The molecule has 1 amide bonds. The zero-order valence-electron chi connectivity index (χ0n) is 21.2. The van der Waals surface area contributed by atoms with E-state index in [4.69, 9.17) is 26.1 Å². The molecule has 1 aliphatic heterocycles. The van der Waals surface area contributed by atoms with E-state index in [1.54, 1.807) is 23.3 Å². The van der Waals surface area contributed by atoms with Crippen LogP contribution in [0.3, 0.4) is 0 Å². The number of carbonyl (C=O) groups is 1. The summed E-state index contributed by atoms with van der Waals surface area (Å²) in [5, 5.41) is 1.05. The maximum Gasteiger partial charge on any atom is 0.409 e. The second-order valence-electron chi connectivity index (χ2n) is 10.7. The van der Waals surface area contributed by atoms with Gasteiger partial charge in [-0.1, -0.05) is 53.1 Å². The third-order valence-electron chi connectivity index (χ3n) is 6.16. The van der Waals surface area contributed by atoms with Crippen molar-refractivity contribution in [1.82, 2.24) is 9.88 Å². The summed E-state index contributed by atoms with van der Waals surface area (Å²) in [4.78, 5) is 18.8. The number of piperidine rings is 1. The van der Waals surface area contributed by atoms with Gasteiger partial charge in [0, 0.05) is 35.7 Å². The minimum Gasteiger partial charge on any atom is -0.496 e. The fourth-order valence-corrected chi connectivity index (χ4v) is 5.66. The molecule has 182 valence electrons. The molecule has 0 unspecified atom stereocenters. The molecular formula is C26H37ClN2O3S. The number of nitrogens with zero attached hydrogens (tertiary/aromatic N) is 2. The minimum absolute atomic E-state index is 0.0907. The van der Waals surface area contributed by atoms with Crippen LogP contribution in [0.15, 0.2) is 12.1 Å². The van der Waals surface area contributed by atoms with Gasteiger partial charge >= 0.3 is 6.09 Å². The Morgan fingerprint density at radius 1 is 1.12 bits per heavy atom. The molecule has 7 heteroatoms. The largest absolute Gasteiger partial charge is 0.496 e. The molecular weight excluding hydrogens is 456 g/mol. The first-order valence-corrected chi connectivity index (χ1v) is 12.9. The van der Waals surface area contributed by atoms with Crippen molar-refractivity contribution in [2.45, 2.75) is 78.1 Å². The van der Waals surface area contributed by atoms with Gasteiger partial charge in [0.1, 0.15) is 15.8 Å². The van der Waals surface area contributed by atoms with Crippen LogP contribution < -0.4 is 4.74 Å². The van der Waals surface area contributed by atoms with E-state index in [-0.39, 0.29) is 16.9 Å². The molecule has 2 heterocycles. The van der Waals surface area contributed by atoms with E-state index in [1.165, 1.54) is 0 Å². The minimum atomic E-state index is -0.225. The van der Waals surface area contributed by atoms with Gasteiger partial charge in [0.2, 0.25) is 0 Å². The maximum absolute atomic E-state index is 12.0. The van der Waals surface area contributed by atoms with Crippen LogP contribution >= 0.6 is 22.9 Å². The lowest BCUT2D eigenvalue weighted by atomic mass is 9.78. The number of rotatable bonds is 4. The van der Waals surface area contributed by atoms with Crippen LogP contribution in [0, 0.1) is 0 Å². The molecule has 0 bridgehead atoms. The number of thiazole rings is 1. The van der Waals surface area contributed by atoms with Crippen molar-refractivity contribution in [1.29, 1.82) is 0 Å². The molecule has 1 fully saturated rings. The van der Waals surface area contributed by atoms with E-state index in [0.29, 0.717) is 30.0 Å². The number of hydrogen-bond acceptors (Lipinski definition) is 5. The lowest BCUT2D eigenvalue weighted by Crippen LogP contribution is -2.38. The van der Waals surface area contributed by atoms with Gasteiger partial charge in [-0.25, -0.2) is 9.78 Å². The summed E-state index contributed by atoms with van der Waals surface area (Å²) in [6, 6.07) is 4.37. The van der Waals surface area contributed by atoms with Gasteiger partial charge < -0.3 is 14.4 Å². The van der Waals surface area contributed by atoms with Gasteiger partial charge in [0.15, 0.2) is 0 Å². The Morgan fingerprint density at radius 2 is 1.67 bits per heavy atom. The van der Waals surface area contributed by atoms with E-state index < -0.39 is 0 Å². The zero-order valence-corrected chi connectivity index (χ0v) is 22.7.